The van der Waals surface area contributed by atoms with Gasteiger partial charge < -0.3 is 10.2 Å². The van der Waals surface area contributed by atoms with Crippen molar-refractivity contribution >= 4 is 12.4 Å². The highest BCUT2D eigenvalue weighted by Crippen LogP contribution is 2.27. The Hall–Kier alpha value is -2.90. The van der Waals surface area contributed by atoms with Gasteiger partial charge in [-0.3, -0.25) is 9.98 Å². The zero-order valence-electron chi connectivity index (χ0n) is 14.7. The van der Waals surface area contributed by atoms with Gasteiger partial charge in [0.05, 0.1) is 12.1 Å². The first kappa shape index (κ1) is 19.9. The summed E-state index contributed by atoms with van der Waals surface area (Å²) in [4.78, 5) is 8.61. The summed E-state index contributed by atoms with van der Waals surface area (Å²) in [6.45, 7) is 0. The third-order valence-corrected chi connectivity index (χ3v) is 4.62. The third-order valence-electron chi connectivity index (χ3n) is 4.62. The van der Waals surface area contributed by atoms with Crippen LogP contribution in [0.15, 0.2) is 34.3 Å². The SMILES string of the molecule is Oc1c(F)cc(F)cc1C=N[C@@H]1CCCC[C@H]1N=Cc1cc(F)cc(F)c1O. The van der Waals surface area contributed by atoms with Gasteiger partial charge in [-0.25, -0.2) is 17.6 Å². The van der Waals surface area contributed by atoms with E-state index in [1.54, 1.807) is 0 Å². The average Bonchev–Trinajstić information content (AvgIpc) is 2.65. The van der Waals surface area contributed by atoms with E-state index in [9.17, 15) is 27.8 Å². The van der Waals surface area contributed by atoms with Crippen LogP contribution < -0.4 is 0 Å². The first-order chi connectivity index (χ1) is 13.3. The van der Waals surface area contributed by atoms with E-state index in [1.165, 1.54) is 12.4 Å². The van der Waals surface area contributed by atoms with Crippen molar-refractivity contribution in [3.8, 4) is 11.5 Å². The molecule has 0 spiro atoms. The molecule has 1 saturated carbocycles. The number of aromatic hydroxyl groups is 2. The minimum Gasteiger partial charge on any atom is -0.504 e. The molecule has 0 aliphatic heterocycles. The second-order valence-electron chi connectivity index (χ2n) is 6.63. The molecule has 0 heterocycles. The normalized spacial score (nSPS) is 20.3. The minimum absolute atomic E-state index is 0.0874. The van der Waals surface area contributed by atoms with E-state index in [0.29, 0.717) is 25.0 Å². The lowest BCUT2D eigenvalue weighted by molar-refractivity contribution is 0.389. The molecule has 0 bridgehead atoms. The first-order valence-corrected chi connectivity index (χ1v) is 8.77. The fourth-order valence-corrected chi connectivity index (χ4v) is 3.16. The molecule has 148 valence electrons. The van der Waals surface area contributed by atoms with Gasteiger partial charge in [0.1, 0.15) is 11.6 Å². The topological polar surface area (TPSA) is 65.2 Å². The van der Waals surface area contributed by atoms with Crippen LogP contribution in [0, 0.1) is 23.3 Å². The molecule has 0 saturated heterocycles. The number of phenols is 2. The van der Waals surface area contributed by atoms with Crippen molar-refractivity contribution in [2.45, 2.75) is 37.8 Å². The van der Waals surface area contributed by atoms with Crippen LogP contribution in [-0.2, 0) is 0 Å². The molecular weight excluding hydrogens is 376 g/mol. The number of halogens is 4. The van der Waals surface area contributed by atoms with Crippen LogP contribution in [0.1, 0.15) is 36.8 Å². The Labute approximate surface area is 158 Å². The maximum Gasteiger partial charge on any atom is 0.168 e. The van der Waals surface area contributed by atoms with E-state index in [2.05, 4.69) is 9.98 Å². The minimum atomic E-state index is -1.08. The summed E-state index contributed by atoms with van der Waals surface area (Å²) >= 11 is 0. The van der Waals surface area contributed by atoms with Crippen molar-refractivity contribution in [1.82, 2.24) is 0 Å². The van der Waals surface area contributed by atoms with E-state index in [1.807, 2.05) is 0 Å². The van der Waals surface area contributed by atoms with Gasteiger partial charge in [-0.15, -0.1) is 0 Å². The van der Waals surface area contributed by atoms with Gasteiger partial charge in [-0.05, 0) is 25.0 Å². The van der Waals surface area contributed by atoms with E-state index in [0.717, 1.165) is 25.0 Å². The molecule has 3 rings (SSSR count). The van der Waals surface area contributed by atoms with Crippen molar-refractivity contribution in [3.63, 3.8) is 0 Å². The molecule has 2 aromatic carbocycles. The number of hydrogen-bond acceptors (Lipinski definition) is 4. The Morgan fingerprint density at radius 1 is 0.714 bits per heavy atom. The van der Waals surface area contributed by atoms with Crippen LogP contribution in [0.25, 0.3) is 0 Å². The fraction of sp³-hybridized carbons (Fsp3) is 0.300. The number of hydrogen-bond donors (Lipinski definition) is 2. The van der Waals surface area contributed by atoms with Gasteiger partial charge >= 0.3 is 0 Å². The molecule has 1 fully saturated rings. The van der Waals surface area contributed by atoms with Crippen LogP contribution in [0.3, 0.4) is 0 Å². The molecule has 28 heavy (non-hydrogen) atoms. The standard InChI is InChI=1S/C20H18F4N2O2/c21-13-5-11(19(27)15(23)7-13)9-25-17-3-1-2-4-18(17)26-10-12-6-14(22)8-16(24)20(12)28/h5-10,17-18,27-28H,1-4H2/t17-,18-/m1/s1. The molecule has 0 amide bonds. The summed E-state index contributed by atoms with van der Waals surface area (Å²) < 4.78 is 53.5. The summed E-state index contributed by atoms with van der Waals surface area (Å²) in [7, 11) is 0. The van der Waals surface area contributed by atoms with Gasteiger partial charge in [-0.1, -0.05) is 12.8 Å². The Bertz CT molecular complexity index is 855. The van der Waals surface area contributed by atoms with Gasteiger partial charge in [0.15, 0.2) is 23.1 Å². The van der Waals surface area contributed by atoms with Crippen LogP contribution in [0.5, 0.6) is 11.5 Å². The largest absolute Gasteiger partial charge is 0.504 e. The van der Waals surface area contributed by atoms with E-state index in [4.69, 9.17) is 0 Å². The highest BCUT2D eigenvalue weighted by molar-refractivity contribution is 5.84. The van der Waals surface area contributed by atoms with Crippen LogP contribution in [-0.4, -0.2) is 34.7 Å². The van der Waals surface area contributed by atoms with Gasteiger partial charge in [0.2, 0.25) is 0 Å². The van der Waals surface area contributed by atoms with E-state index in [-0.39, 0.29) is 23.2 Å². The monoisotopic (exact) mass is 394 g/mol. The molecule has 1 aliphatic rings. The van der Waals surface area contributed by atoms with Crippen molar-refractivity contribution in [2.24, 2.45) is 9.98 Å². The molecule has 2 atom stereocenters. The average molecular weight is 394 g/mol. The predicted molar refractivity (Wildman–Crippen MR) is 97.3 cm³/mol. The van der Waals surface area contributed by atoms with Gasteiger partial charge in [0.25, 0.3) is 0 Å². The first-order valence-electron chi connectivity index (χ1n) is 8.77. The number of nitrogens with zero attached hydrogens (tertiary/aromatic N) is 2. The van der Waals surface area contributed by atoms with E-state index >= 15 is 0 Å². The maximum atomic E-state index is 13.4. The van der Waals surface area contributed by atoms with Crippen LogP contribution in [0.4, 0.5) is 17.6 Å². The molecule has 2 aromatic rings. The Morgan fingerprint density at radius 3 is 1.50 bits per heavy atom. The molecule has 0 unspecified atom stereocenters. The predicted octanol–water partition coefficient (Wildman–Crippen LogP) is 4.50. The molecule has 4 nitrogen and oxygen atoms in total. The zero-order chi connectivity index (χ0) is 20.3. The van der Waals surface area contributed by atoms with Crippen LogP contribution >= 0.6 is 0 Å². The molecule has 0 radical (unpaired) electrons. The van der Waals surface area contributed by atoms with Gasteiger partial charge in [0, 0.05) is 35.7 Å². The second-order valence-corrected chi connectivity index (χ2v) is 6.63. The summed E-state index contributed by atoms with van der Waals surface area (Å²) in [6.07, 6.45) is 5.44. The highest BCUT2D eigenvalue weighted by atomic mass is 19.1. The quantitative estimate of drug-likeness (QED) is 0.592. The summed E-state index contributed by atoms with van der Waals surface area (Å²) in [5.41, 5.74) is -0.175. The number of benzene rings is 2. The zero-order valence-corrected chi connectivity index (χ0v) is 14.7. The smallest absolute Gasteiger partial charge is 0.168 e. The lowest BCUT2D eigenvalue weighted by Gasteiger charge is -2.25. The Kier molecular flexibility index (Phi) is 5.96. The fourth-order valence-electron chi connectivity index (χ4n) is 3.16. The van der Waals surface area contributed by atoms with Crippen molar-refractivity contribution in [3.05, 3.63) is 58.7 Å². The Morgan fingerprint density at radius 2 is 1.11 bits per heavy atom. The summed E-state index contributed by atoms with van der Waals surface area (Å²) in [5.74, 6) is -5.22. The molecule has 2 N–H and O–H groups in total. The van der Waals surface area contributed by atoms with Crippen molar-refractivity contribution < 1.29 is 27.8 Å². The third kappa shape index (κ3) is 4.49. The summed E-state index contributed by atoms with van der Waals surface area (Å²) in [6, 6.07) is 2.41. The number of rotatable bonds is 4. The molecular formula is C20H18F4N2O2. The van der Waals surface area contributed by atoms with Crippen molar-refractivity contribution in [1.29, 1.82) is 0 Å². The lowest BCUT2D eigenvalue weighted by atomic mass is 9.91. The second kappa shape index (κ2) is 8.41. The Balaban J connectivity index is 1.82. The molecule has 0 aromatic heterocycles. The highest BCUT2D eigenvalue weighted by Gasteiger charge is 2.23. The molecule has 8 heteroatoms. The maximum absolute atomic E-state index is 13.4. The molecule has 1 aliphatic carbocycles. The van der Waals surface area contributed by atoms with E-state index < -0.39 is 34.8 Å². The number of aliphatic imine (C=N–C) groups is 2. The number of phenolic OH excluding ortho intramolecular Hbond substituents is 2. The van der Waals surface area contributed by atoms with Crippen LogP contribution in [0.2, 0.25) is 0 Å². The lowest BCUT2D eigenvalue weighted by Crippen LogP contribution is -2.27. The van der Waals surface area contributed by atoms with Gasteiger partial charge in [-0.2, -0.15) is 0 Å². The van der Waals surface area contributed by atoms with Crippen molar-refractivity contribution in [2.75, 3.05) is 0 Å². The summed E-state index contributed by atoms with van der Waals surface area (Å²) in [5, 5.41) is 19.4.